The number of nitrogens with one attached hydrogen (secondary N) is 1. The molecule has 180 valence electrons. The summed E-state index contributed by atoms with van der Waals surface area (Å²) in [7, 11) is 0. The van der Waals surface area contributed by atoms with Gasteiger partial charge in [-0.3, -0.25) is 9.69 Å². The topological polar surface area (TPSA) is 71.3 Å². The number of piperidine rings is 1. The van der Waals surface area contributed by atoms with Crippen LogP contribution in [0.5, 0.6) is 0 Å². The van der Waals surface area contributed by atoms with Crippen molar-refractivity contribution in [2.75, 3.05) is 25.4 Å². The molecule has 1 aromatic heterocycles. The molecule has 34 heavy (non-hydrogen) atoms. The van der Waals surface area contributed by atoms with E-state index in [1.807, 2.05) is 42.1 Å². The lowest BCUT2D eigenvalue weighted by molar-refractivity contribution is -0.126. The van der Waals surface area contributed by atoms with Gasteiger partial charge in [0.05, 0.1) is 17.5 Å². The predicted octanol–water partition coefficient (Wildman–Crippen LogP) is 5.70. The van der Waals surface area contributed by atoms with E-state index in [0.717, 1.165) is 47.9 Å². The second-order valence-corrected chi connectivity index (χ2v) is 10.3. The molecule has 3 aromatic rings. The molecule has 1 amide bonds. The maximum atomic E-state index is 12.7. The third-order valence-electron chi connectivity index (χ3n) is 5.76. The fourth-order valence-corrected chi connectivity index (χ4v) is 5.24. The molecule has 0 spiro atoms. The maximum Gasteiger partial charge on any atom is 0.241 e. The van der Waals surface area contributed by atoms with Crippen LogP contribution in [0.25, 0.3) is 11.4 Å². The first-order valence-electron chi connectivity index (χ1n) is 11.5. The number of thioether (sulfide) groups is 1. The average Bonchev–Trinajstić information content (AvgIpc) is 3.31. The standard InChI is InChI=1S/C25H28Cl2N4O2S/c26-20-10-8-18(9-11-20)17-34-14-4-12-28-25(32)19-5-3-13-31(15-19)16-23-29-24(30-33-23)21-6-1-2-7-22(21)27/h1-2,6-11,19H,3-5,12-17H2,(H,28,32). The van der Waals surface area contributed by atoms with Crippen LogP contribution in [0.2, 0.25) is 10.0 Å². The highest BCUT2D eigenvalue weighted by Crippen LogP contribution is 2.26. The summed E-state index contributed by atoms with van der Waals surface area (Å²) in [5, 5.41) is 8.53. The maximum absolute atomic E-state index is 12.7. The zero-order valence-electron chi connectivity index (χ0n) is 18.9. The largest absolute Gasteiger partial charge is 0.356 e. The zero-order chi connectivity index (χ0) is 23.8. The van der Waals surface area contributed by atoms with Crippen molar-refractivity contribution in [1.29, 1.82) is 0 Å². The Bertz CT molecular complexity index is 1080. The number of halogens is 2. The van der Waals surface area contributed by atoms with E-state index < -0.39 is 0 Å². The number of hydrogen-bond acceptors (Lipinski definition) is 6. The lowest BCUT2D eigenvalue weighted by Crippen LogP contribution is -2.43. The van der Waals surface area contributed by atoms with Gasteiger partial charge in [-0.2, -0.15) is 16.7 Å². The van der Waals surface area contributed by atoms with E-state index in [2.05, 4.69) is 32.5 Å². The van der Waals surface area contributed by atoms with Crippen molar-refractivity contribution in [2.45, 2.75) is 31.6 Å². The SMILES string of the molecule is O=C(NCCCSCc1ccc(Cl)cc1)C1CCCN(Cc2nc(-c3ccccc3Cl)no2)C1. The number of benzene rings is 2. The highest BCUT2D eigenvalue weighted by atomic mass is 35.5. The zero-order valence-corrected chi connectivity index (χ0v) is 21.2. The number of aromatic nitrogens is 2. The molecule has 1 atom stereocenters. The summed E-state index contributed by atoms with van der Waals surface area (Å²) in [5.74, 6) is 3.10. The molecule has 2 heterocycles. The first kappa shape index (κ1) is 25.0. The van der Waals surface area contributed by atoms with E-state index in [4.69, 9.17) is 27.7 Å². The molecular weight excluding hydrogens is 491 g/mol. The summed E-state index contributed by atoms with van der Waals surface area (Å²) in [6.45, 7) is 2.84. The van der Waals surface area contributed by atoms with Gasteiger partial charge in [-0.15, -0.1) is 0 Å². The van der Waals surface area contributed by atoms with Crippen molar-refractivity contribution in [1.82, 2.24) is 20.4 Å². The Balaban J connectivity index is 1.17. The van der Waals surface area contributed by atoms with Gasteiger partial charge in [-0.25, -0.2) is 0 Å². The van der Waals surface area contributed by atoms with Crippen LogP contribution in [-0.2, 0) is 17.1 Å². The van der Waals surface area contributed by atoms with Gasteiger partial charge in [-0.1, -0.05) is 52.6 Å². The molecule has 1 aliphatic rings. The molecule has 0 radical (unpaired) electrons. The Morgan fingerprint density at radius 3 is 2.82 bits per heavy atom. The van der Waals surface area contributed by atoms with Crippen LogP contribution in [0.3, 0.4) is 0 Å². The van der Waals surface area contributed by atoms with Crippen molar-refractivity contribution in [3.05, 3.63) is 70.0 Å². The molecule has 0 bridgehead atoms. The van der Waals surface area contributed by atoms with Crippen LogP contribution in [0.15, 0.2) is 53.1 Å². The molecule has 4 rings (SSSR count). The van der Waals surface area contributed by atoms with E-state index in [-0.39, 0.29) is 11.8 Å². The smallest absolute Gasteiger partial charge is 0.241 e. The average molecular weight is 519 g/mol. The first-order chi connectivity index (χ1) is 16.6. The third-order valence-corrected chi connectivity index (χ3v) is 7.46. The second-order valence-electron chi connectivity index (χ2n) is 8.39. The van der Waals surface area contributed by atoms with Gasteiger partial charge in [0.15, 0.2) is 0 Å². The van der Waals surface area contributed by atoms with Crippen molar-refractivity contribution in [3.63, 3.8) is 0 Å². The molecule has 1 unspecified atom stereocenters. The summed E-state index contributed by atoms with van der Waals surface area (Å²) in [4.78, 5) is 19.4. The number of amides is 1. The Morgan fingerprint density at radius 2 is 2.00 bits per heavy atom. The monoisotopic (exact) mass is 518 g/mol. The normalized spacial score (nSPS) is 16.5. The molecule has 0 saturated carbocycles. The minimum Gasteiger partial charge on any atom is -0.356 e. The van der Waals surface area contributed by atoms with Crippen molar-refractivity contribution >= 4 is 40.9 Å². The Kier molecular flexibility index (Phi) is 9.27. The van der Waals surface area contributed by atoms with E-state index >= 15 is 0 Å². The number of carbonyl (C=O) groups is 1. The van der Waals surface area contributed by atoms with Crippen LogP contribution in [0.1, 0.15) is 30.7 Å². The lowest BCUT2D eigenvalue weighted by atomic mass is 9.97. The van der Waals surface area contributed by atoms with Crippen LogP contribution in [0, 0.1) is 5.92 Å². The summed E-state index contributed by atoms with van der Waals surface area (Å²) < 4.78 is 5.44. The van der Waals surface area contributed by atoms with Gasteiger partial charge in [0.25, 0.3) is 0 Å². The van der Waals surface area contributed by atoms with E-state index in [1.54, 1.807) is 6.07 Å². The minimum atomic E-state index is -0.0126. The van der Waals surface area contributed by atoms with Gasteiger partial charge in [0, 0.05) is 29.4 Å². The third kappa shape index (κ3) is 7.22. The fraction of sp³-hybridized carbons (Fsp3) is 0.400. The summed E-state index contributed by atoms with van der Waals surface area (Å²) in [5.41, 5.74) is 2.02. The molecule has 2 aromatic carbocycles. The number of rotatable bonds is 10. The van der Waals surface area contributed by atoms with E-state index in [9.17, 15) is 4.79 Å². The van der Waals surface area contributed by atoms with E-state index in [1.165, 1.54) is 5.56 Å². The van der Waals surface area contributed by atoms with Crippen LogP contribution < -0.4 is 5.32 Å². The van der Waals surface area contributed by atoms with Crippen LogP contribution >= 0.6 is 35.0 Å². The molecule has 1 fully saturated rings. The quantitative estimate of drug-likeness (QED) is 0.347. The summed E-state index contributed by atoms with van der Waals surface area (Å²) in [6.07, 6.45) is 2.83. The van der Waals surface area contributed by atoms with Gasteiger partial charge in [0.2, 0.25) is 17.6 Å². The minimum absolute atomic E-state index is 0.0126. The molecule has 1 saturated heterocycles. The Morgan fingerprint density at radius 1 is 1.18 bits per heavy atom. The molecule has 1 N–H and O–H groups in total. The van der Waals surface area contributed by atoms with E-state index in [0.29, 0.717) is 36.4 Å². The molecule has 0 aliphatic carbocycles. The second kappa shape index (κ2) is 12.6. The predicted molar refractivity (Wildman–Crippen MR) is 138 cm³/mol. The fourth-order valence-electron chi connectivity index (χ4n) is 3.98. The van der Waals surface area contributed by atoms with Gasteiger partial charge in [0.1, 0.15) is 0 Å². The number of likely N-dealkylation sites (tertiary alicyclic amines) is 1. The van der Waals surface area contributed by atoms with Crippen LogP contribution in [-0.4, -0.2) is 46.3 Å². The van der Waals surface area contributed by atoms with Crippen molar-refractivity contribution in [2.24, 2.45) is 5.92 Å². The number of nitrogens with zero attached hydrogens (tertiary/aromatic N) is 3. The molecule has 9 heteroatoms. The summed E-state index contributed by atoms with van der Waals surface area (Å²) >= 11 is 14.0. The van der Waals surface area contributed by atoms with Gasteiger partial charge < -0.3 is 9.84 Å². The molecule has 6 nitrogen and oxygen atoms in total. The van der Waals surface area contributed by atoms with Crippen LogP contribution in [0.4, 0.5) is 0 Å². The first-order valence-corrected chi connectivity index (χ1v) is 13.4. The number of hydrogen-bond donors (Lipinski definition) is 1. The highest BCUT2D eigenvalue weighted by molar-refractivity contribution is 7.98. The van der Waals surface area contributed by atoms with Gasteiger partial charge in [-0.05, 0) is 61.4 Å². The Labute approximate surface area is 214 Å². The molecule has 1 aliphatic heterocycles. The number of carbonyl (C=O) groups excluding carboxylic acids is 1. The molecular formula is C25H28Cl2N4O2S. The van der Waals surface area contributed by atoms with Crippen molar-refractivity contribution in [3.8, 4) is 11.4 Å². The lowest BCUT2D eigenvalue weighted by Gasteiger charge is -2.30. The Hall–Kier alpha value is -2.06. The van der Waals surface area contributed by atoms with Gasteiger partial charge >= 0.3 is 0 Å². The van der Waals surface area contributed by atoms with Crippen molar-refractivity contribution < 1.29 is 9.32 Å². The summed E-state index contributed by atoms with van der Waals surface area (Å²) in [6, 6.07) is 15.4. The highest BCUT2D eigenvalue weighted by Gasteiger charge is 2.26.